The van der Waals surface area contributed by atoms with E-state index in [0.29, 0.717) is 12.5 Å². The van der Waals surface area contributed by atoms with Gasteiger partial charge in [0, 0.05) is 18.8 Å². The zero-order valence-electron chi connectivity index (χ0n) is 13.6. The summed E-state index contributed by atoms with van der Waals surface area (Å²) < 4.78 is 0. The molecule has 1 amide bonds. The van der Waals surface area contributed by atoms with Crippen molar-refractivity contribution >= 4 is 17.6 Å². The summed E-state index contributed by atoms with van der Waals surface area (Å²) in [5, 5.41) is 3.05. The van der Waals surface area contributed by atoms with Crippen molar-refractivity contribution in [2.24, 2.45) is 10.7 Å². The number of anilines is 1. The first-order valence-corrected chi connectivity index (χ1v) is 8.20. The lowest BCUT2D eigenvalue weighted by molar-refractivity contribution is -0.117. The van der Waals surface area contributed by atoms with Crippen LogP contribution in [0.2, 0.25) is 0 Å². The molecular weight excluding hydrogens is 300 g/mol. The van der Waals surface area contributed by atoms with Gasteiger partial charge in [0.15, 0.2) is 5.96 Å². The molecule has 2 aromatic carbocycles. The fourth-order valence-corrected chi connectivity index (χ4v) is 2.87. The molecule has 0 unspecified atom stereocenters. The number of rotatable bonds is 5. The number of guanidine groups is 1. The Morgan fingerprint density at radius 3 is 2.71 bits per heavy atom. The summed E-state index contributed by atoms with van der Waals surface area (Å²) in [5.74, 6) is 0.291. The predicted octanol–water partition coefficient (Wildman–Crippen LogP) is 1.72. The molecule has 0 aromatic heterocycles. The molecule has 0 saturated heterocycles. The number of carbonyl (C=O) groups excluding carboxylic acids is 1. The van der Waals surface area contributed by atoms with Crippen LogP contribution in [0.15, 0.2) is 59.6 Å². The Bertz CT molecular complexity index is 727. The number of aliphatic imine (C=N–C) groups is 1. The monoisotopic (exact) mass is 322 g/mol. The van der Waals surface area contributed by atoms with E-state index in [1.54, 1.807) is 4.90 Å². The van der Waals surface area contributed by atoms with Gasteiger partial charge in [0.25, 0.3) is 0 Å². The maximum Gasteiger partial charge on any atom is 0.248 e. The molecule has 0 spiro atoms. The number of benzene rings is 2. The van der Waals surface area contributed by atoms with Crippen molar-refractivity contribution in [3.8, 4) is 0 Å². The number of nitrogens with two attached hydrogens (primary N) is 1. The van der Waals surface area contributed by atoms with Gasteiger partial charge in [-0.2, -0.15) is 0 Å². The largest absolute Gasteiger partial charge is 0.370 e. The number of nitrogens with zero attached hydrogens (tertiary/aromatic N) is 2. The second kappa shape index (κ2) is 7.64. The van der Waals surface area contributed by atoms with Gasteiger partial charge in [-0.05, 0) is 30.0 Å². The third-order valence-electron chi connectivity index (χ3n) is 4.14. The molecular formula is C19H22N4O. The fourth-order valence-electron chi connectivity index (χ4n) is 2.87. The minimum Gasteiger partial charge on any atom is -0.370 e. The van der Waals surface area contributed by atoms with Crippen molar-refractivity contribution in [1.82, 2.24) is 5.32 Å². The molecule has 1 aliphatic rings. The number of amides is 1. The van der Waals surface area contributed by atoms with Gasteiger partial charge in [0.05, 0.1) is 0 Å². The first-order chi connectivity index (χ1) is 11.7. The van der Waals surface area contributed by atoms with Gasteiger partial charge in [-0.15, -0.1) is 0 Å². The van der Waals surface area contributed by atoms with Crippen molar-refractivity contribution in [3.63, 3.8) is 0 Å². The summed E-state index contributed by atoms with van der Waals surface area (Å²) in [5.41, 5.74) is 9.29. The number of hydrogen-bond acceptors (Lipinski definition) is 2. The van der Waals surface area contributed by atoms with Crippen LogP contribution in [-0.2, 0) is 17.6 Å². The van der Waals surface area contributed by atoms with Crippen LogP contribution in [0.5, 0.6) is 0 Å². The summed E-state index contributed by atoms with van der Waals surface area (Å²) in [6.07, 6.45) is 1.76. The van der Waals surface area contributed by atoms with Gasteiger partial charge in [0.1, 0.15) is 6.54 Å². The number of nitrogens with one attached hydrogen (secondary N) is 1. The van der Waals surface area contributed by atoms with Crippen LogP contribution in [0.4, 0.5) is 5.69 Å². The maximum absolute atomic E-state index is 12.3. The molecule has 0 aliphatic carbocycles. The second-order valence-corrected chi connectivity index (χ2v) is 5.79. The Hall–Kier alpha value is -2.82. The van der Waals surface area contributed by atoms with E-state index in [9.17, 15) is 4.79 Å². The van der Waals surface area contributed by atoms with Crippen LogP contribution < -0.4 is 16.0 Å². The average Bonchev–Trinajstić information content (AvgIpc) is 3.05. The van der Waals surface area contributed by atoms with Gasteiger partial charge >= 0.3 is 0 Å². The lowest BCUT2D eigenvalue weighted by atomic mass is 10.1. The van der Waals surface area contributed by atoms with Crippen LogP contribution in [0.3, 0.4) is 0 Å². The second-order valence-electron chi connectivity index (χ2n) is 5.79. The summed E-state index contributed by atoms with van der Waals surface area (Å²) in [6.45, 7) is 1.48. The number of para-hydroxylation sites is 1. The van der Waals surface area contributed by atoms with Gasteiger partial charge in [-0.3, -0.25) is 4.79 Å². The van der Waals surface area contributed by atoms with E-state index in [1.807, 2.05) is 36.4 Å². The van der Waals surface area contributed by atoms with Crippen molar-refractivity contribution in [3.05, 3.63) is 65.7 Å². The van der Waals surface area contributed by atoms with Gasteiger partial charge in [0.2, 0.25) is 5.91 Å². The van der Waals surface area contributed by atoms with Crippen molar-refractivity contribution in [1.29, 1.82) is 0 Å². The van der Waals surface area contributed by atoms with Gasteiger partial charge in [-0.1, -0.05) is 48.5 Å². The van der Waals surface area contributed by atoms with Gasteiger partial charge in [-0.25, -0.2) is 4.99 Å². The molecule has 0 saturated carbocycles. The van der Waals surface area contributed by atoms with Crippen LogP contribution in [0.25, 0.3) is 0 Å². The highest BCUT2D eigenvalue weighted by atomic mass is 16.2. The smallest absolute Gasteiger partial charge is 0.248 e. The van der Waals surface area contributed by atoms with Crippen LogP contribution in [0, 0.1) is 0 Å². The third-order valence-corrected chi connectivity index (χ3v) is 4.14. The van der Waals surface area contributed by atoms with Crippen LogP contribution in [-0.4, -0.2) is 31.5 Å². The minimum absolute atomic E-state index is 0.0206. The average molecular weight is 322 g/mol. The quantitative estimate of drug-likeness (QED) is 0.650. The SMILES string of the molecule is NC(=NCC(=O)N1CCc2ccccc21)NCCc1ccccc1. The molecule has 1 aliphatic heterocycles. The van der Waals surface area contributed by atoms with E-state index < -0.39 is 0 Å². The van der Waals surface area contributed by atoms with Gasteiger partial charge < -0.3 is 16.0 Å². The standard InChI is InChI=1S/C19H22N4O/c20-19(21-12-10-15-6-2-1-3-7-15)22-14-18(24)23-13-11-16-8-4-5-9-17(16)23/h1-9H,10-14H2,(H3,20,21,22). The molecule has 0 fully saturated rings. The first kappa shape index (κ1) is 16.1. The highest BCUT2D eigenvalue weighted by Crippen LogP contribution is 2.27. The highest BCUT2D eigenvalue weighted by molar-refractivity contribution is 5.97. The summed E-state index contributed by atoms with van der Waals surface area (Å²) in [7, 11) is 0. The maximum atomic E-state index is 12.3. The Morgan fingerprint density at radius 2 is 1.88 bits per heavy atom. The molecule has 124 valence electrons. The molecule has 5 heteroatoms. The molecule has 1 heterocycles. The van der Waals surface area contributed by atoms with E-state index in [-0.39, 0.29) is 12.5 Å². The van der Waals surface area contributed by atoms with Crippen LogP contribution >= 0.6 is 0 Å². The third kappa shape index (κ3) is 3.93. The van der Waals surface area contributed by atoms with E-state index in [4.69, 9.17) is 5.73 Å². The molecule has 0 bridgehead atoms. The van der Waals surface area contributed by atoms with Crippen LogP contribution in [0.1, 0.15) is 11.1 Å². The normalized spacial score (nSPS) is 13.7. The molecule has 2 aromatic rings. The number of carbonyl (C=O) groups is 1. The van der Waals surface area contributed by atoms with Crippen molar-refractivity contribution in [2.45, 2.75) is 12.8 Å². The Kier molecular flexibility index (Phi) is 5.11. The first-order valence-electron chi connectivity index (χ1n) is 8.20. The highest BCUT2D eigenvalue weighted by Gasteiger charge is 2.23. The Morgan fingerprint density at radius 1 is 1.12 bits per heavy atom. The number of hydrogen-bond donors (Lipinski definition) is 2. The lowest BCUT2D eigenvalue weighted by Gasteiger charge is -2.16. The number of fused-ring (bicyclic) bond motifs is 1. The van der Waals surface area contributed by atoms with Crippen molar-refractivity contribution < 1.29 is 4.79 Å². The molecule has 24 heavy (non-hydrogen) atoms. The lowest BCUT2D eigenvalue weighted by Crippen LogP contribution is -2.36. The predicted molar refractivity (Wildman–Crippen MR) is 97.1 cm³/mol. The zero-order chi connectivity index (χ0) is 16.8. The summed E-state index contributed by atoms with van der Waals surface area (Å²) in [6, 6.07) is 18.2. The minimum atomic E-state index is -0.0206. The Labute approximate surface area is 142 Å². The molecule has 5 nitrogen and oxygen atoms in total. The van der Waals surface area contributed by atoms with E-state index >= 15 is 0 Å². The molecule has 0 radical (unpaired) electrons. The topological polar surface area (TPSA) is 70.7 Å². The Balaban J connectivity index is 1.47. The molecule has 0 atom stereocenters. The van der Waals surface area contributed by atoms with E-state index in [1.165, 1.54) is 11.1 Å². The zero-order valence-corrected chi connectivity index (χ0v) is 13.6. The van der Waals surface area contributed by atoms with E-state index in [2.05, 4.69) is 28.5 Å². The fraction of sp³-hybridized carbons (Fsp3) is 0.263. The molecule has 3 N–H and O–H groups in total. The summed E-state index contributed by atoms with van der Waals surface area (Å²) >= 11 is 0. The molecule has 3 rings (SSSR count). The van der Waals surface area contributed by atoms with E-state index in [0.717, 1.165) is 25.1 Å². The van der Waals surface area contributed by atoms with Crippen molar-refractivity contribution in [2.75, 3.05) is 24.5 Å². The summed E-state index contributed by atoms with van der Waals surface area (Å²) in [4.78, 5) is 18.3.